The molecule has 2 aromatic rings. The quantitative estimate of drug-likeness (QED) is 0.731. The Labute approximate surface area is 172 Å². The van der Waals surface area contributed by atoms with Crippen LogP contribution in [0.1, 0.15) is 25.3 Å². The van der Waals surface area contributed by atoms with E-state index in [9.17, 15) is 13.2 Å². The molecule has 0 bridgehead atoms. The molecule has 1 aliphatic heterocycles. The van der Waals surface area contributed by atoms with Crippen molar-refractivity contribution >= 4 is 33.2 Å². The van der Waals surface area contributed by atoms with Crippen molar-refractivity contribution in [3.05, 3.63) is 59.1 Å². The van der Waals surface area contributed by atoms with E-state index in [0.29, 0.717) is 35.3 Å². The summed E-state index contributed by atoms with van der Waals surface area (Å²) in [5.41, 5.74) is 1.05. The van der Waals surface area contributed by atoms with E-state index < -0.39 is 10.0 Å². The summed E-state index contributed by atoms with van der Waals surface area (Å²) in [4.78, 5) is 14.9. The number of nitrogens with zero attached hydrogens (tertiary/aromatic N) is 2. The summed E-state index contributed by atoms with van der Waals surface area (Å²) in [6.07, 6.45) is 2.03. The van der Waals surface area contributed by atoms with Gasteiger partial charge in [0.1, 0.15) is 6.54 Å². The number of hydrogen-bond acceptors (Lipinski definition) is 3. The second-order valence-electron chi connectivity index (χ2n) is 7.30. The molecule has 1 amide bonds. The first-order chi connectivity index (χ1) is 13.3. The Morgan fingerprint density at radius 2 is 1.89 bits per heavy atom. The molecule has 0 N–H and O–H groups in total. The van der Waals surface area contributed by atoms with Crippen molar-refractivity contribution < 1.29 is 13.2 Å². The maximum absolute atomic E-state index is 13.4. The number of likely N-dealkylation sites (tertiary alicyclic amines) is 1. The van der Waals surface area contributed by atoms with Gasteiger partial charge >= 0.3 is 0 Å². The molecule has 5 nitrogen and oxygen atoms in total. The normalized spacial score (nSPS) is 17.4. The highest BCUT2D eigenvalue weighted by Crippen LogP contribution is 2.31. The smallest absolute Gasteiger partial charge is 0.264 e. The zero-order valence-electron chi connectivity index (χ0n) is 16.1. The van der Waals surface area contributed by atoms with Gasteiger partial charge < -0.3 is 4.90 Å². The topological polar surface area (TPSA) is 57.7 Å². The Kier molecular flexibility index (Phi) is 6.30. The number of sulfonamides is 1. The molecule has 0 spiro atoms. The van der Waals surface area contributed by atoms with Gasteiger partial charge in [-0.15, -0.1) is 0 Å². The molecule has 28 heavy (non-hydrogen) atoms. The molecule has 0 unspecified atom stereocenters. The van der Waals surface area contributed by atoms with E-state index in [1.807, 2.05) is 0 Å². The lowest BCUT2D eigenvalue weighted by molar-refractivity contribution is -0.131. The first-order valence-corrected chi connectivity index (χ1v) is 11.2. The second kappa shape index (κ2) is 8.53. The summed E-state index contributed by atoms with van der Waals surface area (Å²) in [6.45, 7) is 4.95. The lowest BCUT2D eigenvalue weighted by Gasteiger charge is -2.33. The molecule has 150 valence electrons. The third-order valence-corrected chi connectivity index (χ3v) is 7.31. The molecular formula is C21H25ClN2O3S. The Morgan fingerprint density at radius 1 is 1.18 bits per heavy atom. The van der Waals surface area contributed by atoms with Crippen molar-refractivity contribution in [1.82, 2.24) is 4.90 Å². The zero-order chi connectivity index (χ0) is 20.3. The van der Waals surface area contributed by atoms with Gasteiger partial charge in [-0.1, -0.05) is 42.8 Å². The third kappa shape index (κ3) is 4.33. The Bertz CT molecular complexity index is 947. The zero-order valence-corrected chi connectivity index (χ0v) is 17.7. The number of halogens is 1. The fraction of sp³-hybridized carbons (Fsp3) is 0.381. The van der Waals surface area contributed by atoms with Crippen LogP contribution in [0, 0.1) is 12.8 Å². The van der Waals surface area contributed by atoms with Gasteiger partial charge in [-0.3, -0.25) is 9.10 Å². The minimum atomic E-state index is -3.91. The molecule has 1 aliphatic rings. The SMILES string of the molecule is Cc1c(Cl)cccc1N(CC(=O)N1CCC[C@@H](C)C1)S(=O)(=O)c1ccccc1. The van der Waals surface area contributed by atoms with Crippen molar-refractivity contribution in [3.8, 4) is 0 Å². The van der Waals surface area contributed by atoms with Gasteiger partial charge in [0.15, 0.2) is 0 Å². The molecule has 1 heterocycles. The van der Waals surface area contributed by atoms with E-state index in [0.717, 1.165) is 12.8 Å². The van der Waals surface area contributed by atoms with Crippen molar-refractivity contribution in [2.75, 3.05) is 23.9 Å². The molecule has 0 aromatic heterocycles. The maximum atomic E-state index is 13.4. The number of piperidine rings is 1. The number of rotatable bonds is 5. The number of anilines is 1. The number of amides is 1. The number of carbonyl (C=O) groups is 1. The van der Waals surface area contributed by atoms with E-state index in [1.54, 1.807) is 48.2 Å². The predicted octanol–water partition coefficient (Wildman–Crippen LogP) is 4.10. The average Bonchev–Trinajstić information content (AvgIpc) is 2.69. The van der Waals surface area contributed by atoms with Gasteiger partial charge in [-0.25, -0.2) is 8.42 Å². The largest absolute Gasteiger partial charge is 0.341 e. The lowest BCUT2D eigenvalue weighted by atomic mass is 10.0. The van der Waals surface area contributed by atoms with Crippen LogP contribution in [0.4, 0.5) is 5.69 Å². The molecule has 0 saturated carbocycles. The van der Waals surface area contributed by atoms with Crippen molar-refractivity contribution in [2.45, 2.75) is 31.6 Å². The minimum Gasteiger partial charge on any atom is -0.341 e. The lowest BCUT2D eigenvalue weighted by Crippen LogP contribution is -2.46. The molecule has 7 heteroatoms. The molecule has 2 aromatic carbocycles. The first-order valence-electron chi connectivity index (χ1n) is 9.41. The summed E-state index contributed by atoms with van der Waals surface area (Å²) in [5.74, 6) is 0.232. The van der Waals surface area contributed by atoms with Gasteiger partial charge in [0.2, 0.25) is 5.91 Å². The standard InChI is InChI=1S/C21H25ClN2O3S/c1-16-8-7-13-23(14-16)21(25)15-24(20-12-6-11-19(22)17(20)2)28(26,27)18-9-4-3-5-10-18/h3-6,9-12,16H,7-8,13-15H2,1-2H3/t16-/m1/s1. The molecule has 3 rings (SSSR count). The van der Waals surface area contributed by atoms with Crippen LogP contribution in [-0.4, -0.2) is 38.9 Å². The fourth-order valence-electron chi connectivity index (χ4n) is 3.52. The van der Waals surface area contributed by atoms with Gasteiger partial charge in [0.05, 0.1) is 10.6 Å². The van der Waals surface area contributed by atoms with Crippen LogP contribution in [0.25, 0.3) is 0 Å². The van der Waals surface area contributed by atoms with Crippen LogP contribution in [0.2, 0.25) is 5.02 Å². The predicted molar refractivity (Wildman–Crippen MR) is 112 cm³/mol. The van der Waals surface area contributed by atoms with E-state index in [-0.39, 0.29) is 17.3 Å². The van der Waals surface area contributed by atoms with Gasteiger partial charge in [-0.05, 0) is 55.5 Å². The molecule has 1 fully saturated rings. The van der Waals surface area contributed by atoms with Crippen LogP contribution in [0.15, 0.2) is 53.4 Å². The van der Waals surface area contributed by atoms with Crippen LogP contribution >= 0.6 is 11.6 Å². The summed E-state index contributed by atoms with van der Waals surface area (Å²) >= 11 is 6.24. The first kappa shape index (κ1) is 20.7. The van der Waals surface area contributed by atoms with E-state index in [1.165, 1.54) is 16.4 Å². The summed E-state index contributed by atoms with van der Waals surface area (Å²) < 4.78 is 28.0. The van der Waals surface area contributed by atoms with Gasteiger partial charge in [0, 0.05) is 18.1 Å². The molecular weight excluding hydrogens is 396 g/mol. The van der Waals surface area contributed by atoms with Crippen molar-refractivity contribution in [3.63, 3.8) is 0 Å². The Morgan fingerprint density at radius 3 is 2.57 bits per heavy atom. The number of carbonyl (C=O) groups excluding carboxylic acids is 1. The molecule has 0 aliphatic carbocycles. The minimum absolute atomic E-state index is 0.147. The van der Waals surface area contributed by atoms with E-state index >= 15 is 0 Å². The molecule has 0 radical (unpaired) electrons. The monoisotopic (exact) mass is 420 g/mol. The molecule has 1 atom stereocenters. The fourth-order valence-corrected chi connectivity index (χ4v) is 5.19. The van der Waals surface area contributed by atoms with Gasteiger partial charge in [-0.2, -0.15) is 0 Å². The van der Waals surface area contributed by atoms with Gasteiger partial charge in [0.25, 0.3) is 10.0 Å². The highest BCUT2D eigenvalue weighted by atomic mass is 35.5. The molecule has 1 saturated heterocycles. The number of benzene rings is 2. The third-order valence-electron chi connectivity index (χ3n) is 5.13. The highest BCUT2D eigenvalue weighted by Gasteiger charge is 2.31. The second-order valence-corrected chi connectivity index (χ2v) is 9.57. The number of hydrogen-bond donors (Lipinski definition) is 0. The maximum Gasteiger partial charge on any atom is 0.264 e. The Hall–Kier alpha value is -2.05. The van der Waals surface area contributed by atoms with Crippen molar-refractivity contribution in [1.29, 1.82) is 0 Å². The van der Waals surface area contributed by atoms with Crippen molar-refractivity contribution in [2.24, 2.45) is 5.92 Å². The van der Waals surface area contributed by atoms with Crippen LogP contribution < -0.4 is 4.31 Å². The van der Waals surface area contributed by atoms with Crippen LogP contribution in [-0.2, 0) is 14.8 Å². The van der Waals surface area contributed by atoms with Crippen LogP contribution in [0.3, 0.4) is 0 Å². The summed E-state index contributed by atoms with van der Waals surface area (Å²) in [6, 6.07) is 13.3. The Balaban J connectivity index is 2.00. The van der Waals surface area contributed by atoms with E-state index in [4.69, 9.17) is 11.6 Å². The van der Waals surface area contributed by atoms with Crippen LogP contribution in [0.5, 0.6) is 0 Å². The summed E-state index contributed by atoms with van der Waals surface area (Å²) in [5, 5.41) is 0.463. The average molecular weight is 421 g/mol. The highest BCUT2D eigenvalue weighted by molar-refractivity contribution is 7.92. The van der Waals surface area contributed by atoms with E-state index in [2.05, 4.69) is 6.92 Å². The summed E-state index contributed by atoms with van der Waals surface area (Å²) in [7, 11) is -3.91.